The van der Waals surface area contributed by atoms with Crippen LogP contribution >= 0.6 is 12.6 Å². The van der Waals surface area contributed by atoms with E-state index in [1.54, 1.807) is 20.8 Å². The fourth-order valence-electron chi connectivity index (χ4n) is 0.838. The first-order valence-electron chi connectivity index (χ1n) is 5.11. The average Bonchev–Trinajstić information content (AvgIpc) is 2.12. The second-order valence-corrected chi connectivity index (χ2v) is 4.87. The number of alkyl carbamates (subject to hydrolysis) is 1. The summed E-state index contributed by atoms with van der Waals surface area (Å²) in [4.78, 5) is 22.5. The van der Waals surface area contributed by atoms with Gasteiger partial charge in [-0.2, -0.15) is 12.6 Å². The SMILES string of the molecule is C[C@H](CS)NC(=O)CNC(=O)OC(C)(C)C. The van der Waals surface area contributed by atoms with E-state index in [0.29, 0.717) is 5.75 Å². The molecule has 0 spiro atoms. The lowest BCUT2D eigenvalue weighted by molar-refractivity contribution is -0.120. The third-order valence-electron chi connectivity index (χ3n) is 1.47. The van der Waals surface area contributed by atoms with Gasteiger partial charge in [-0.25, -0.2) is 4.79 Å². The Morgan fingerprint density at radius 3 is 2.38 bits per heavy atom. The summed E-state index contributed by atoms with van der Waals surface area (Å²) < 4.78 is 4.97. The van der Waals surface area contributed by atoms with Crippen LogP contribution in [0.1, 0.15) is 27.7 Å². The summed E-state index contributed by atoms with van der Waals surface area (Å²) in [5.41, 5.74) is -0.557. The molecule has 0 radical (unpaired) electrons. The summed E-state index contributed by atoms with van der Waals surface area (Å²) >= 11 is 4.03. The van der Waals surface area contributed by atoms with Crippen LogP contribution in [0.3, 0.4) is 0 Å². The number of amides is 2. The Morgan fingerprint density at radius 1 is 1.38 bits per heavy atom. The monoisotopic (exact) mass is 248 g/mol. The summed E-state index contributed by atoms with van der Waals surface area (Å²) in [6, 6.07) is -0.0173. The van der Waals surface area contributed by atoms with E-state index in [1.807, 2.05) is 6.92 Å². The number of carbonyl (C=O) groups is 2. The minimum absolute atomic E-state index is 0.0173. The molecular weight excluding hydrogens is 228 g/mol. The predicted molar refractivity (Wildman–Crippen MR) is 65.7 cm³/mol. The Labute approximate surface area is 102 Å². The van der Waals surface area contributed by atoms with Crippen molar-refractivity contribution < 1.29 is 14.3 Å². The van der Waals surface area contributed by atoms with Gasteiger partial charge in [0.2, 0.25) is 5.91 Å². The first-order valence-corrected chi connectivity index (χ1v) is 5.75. The first-order chi connectivity index (χ1) is 7.24. The van der Waals surface area contributed by atoms with Gasteiger partial charge >= 0.3 is 6.09 Å². The highest BCUT2D eigenvalue weighted by Crippen LogP contribution is 2.05. The van der Waals surface area contributed by atoms with Crippen LogP contribution in [-0.2, 0) is 9.53 Å². The molecule has 94 valence electrons. The molecule has 0 aliphatic carbocycles. The Balaban J connectivity index is 3.80. The van der Waals surface area contributed by atoms with Crippen molar-refractivity contribution in [2.45, 2.75) is 39.3 Å². The van der Waals surface area contributed by atoms with Crippen LogP contribution in [0.25, 0.3) is 0 Å². The van der Waals surface area contributed by atoms with E-state index in [9.17, 15) is 9.59 Å². The quantitative estimate of drug-likeness (QED) is 0.649. The topological polar surface area (TPSA) is 67.4 Å². The molecule has 0 saturated heterocycles. The number of nitrogens with one attached hydrogen (secondary N) is 2. The third kappa shape index (κ3) is 8.40. The molecule has 0 aromatic rings. The lowest BCUT2D eigenvalue weighted by Crippen LogP contribution is -2.42. The van der Waals surface area contributed by atoms with Gasteiger partial charge in [0, 0.05) is 11.8 Å². The van der Waals surface area contributed by atoms with Crippen molar-refractivity contribution >= 4 is 24.6 Å². The molecule has 0 aliphatic heterocycles. The van der Waals surface area contributed by atoms with E-state index in [0.717, 1.165) is 0 Å². The molecule has 0 aliphatic rings. The molecule has 0 unspecified atom stereocenters. The number of rotatable bonds is 4. The first kappa shape index (κ1) is 15.1. The maximum Gasteiger partial charge on any atom is 0.408 e. The van der Waals surface area contributed by atoms with Crippen molar-refractivity contribution in [1.29, 1.82) is 0 Å². The second kappa shape index (κ2) is 6.62. The molecule has 0 aromatic carbocycles. The molecule has 0 bridgehead atoms. The molecule has 5 nitrogen and oxygen atoms in total. The van der Waals surface area contributed by atoms with Gasteiger partial charge in [-0.1, -0.05) is 0 Å². The van der Waals surface area contributed by atoms with Crippen LogP contribution in [0, 0.1) is 0 Å². The van der Waals surface area contributed by atoms with Crippen molar-refractivity contribution in [3.63, 3.8) is 0 Å². The van der Waals surface area contributed by atoms with E-state index in [2.05, 4.69) is 23.3 Å². The predicted octanol–water partition coefficient (Wildman–Crippen LogP) is 0.946. The summed E-state index contributed by atoms with van der Waals surface area (Å²) in [5.74, 6) is 0.297. The molecule has 2 N–H and O–H groups in total. The normalized spacial score (nSPS) is 12.8. The zero-order valence-corrected chi connectivity index (χ0v) is 11.1. The fraction of sp³-hybridized carbons (Fsp3) is 0.800. The van der Waals surface area contributed by atoms with E-state index < -0.39 is 11.7 Å². The van der Waals surface area contributed by atoms with E-state index >= 15 is 0 Å². The largest absolute Gasteiger partial charge is 0.444 e. The van der Waals surface area contributed by atoms with Gasteiger partial charge in [0.05, 0.1) is 0 Å². The van der Waals surface area contributed by atoms with Gasteiger partial charge in [-0.15, -0.1) is 0 Å². The second-order valence-electron chi connectivity index (χ2n) is 4.51. The Kier molecular flexibility index (Phi) is 6.25. The van der Waals surface area contributed by atoms with E-state index in [1.165, 1.54) is 0 Å². The third-order valence-corrected chi connectivity index (χ3v) is 2.02. The number of carbonyl (C=O) groups excluding carboxylic acids is 2. The highest BCUT2D eigenvalue weighted by atomic mass is 32.1. The summed E-state index contributed by atoms with van der Waals surface area (Å²) in [6.07, 6.45) is -0.596. The van der Waals surface area contributed by atoms with Crippen LogP contribution < -0.4 is 10.6 Å². The highest BCUT2D eigenvalue weighted by molar-refractivity contribution is 7.80. The fourth-order valence-corrected chi connectivity index (χ4v) is 0.929. The maximum absolute atomic E-state index is 11.3. The Hall–Kier alpha value is -0.910. The number of hydrogen-bond acceptors (Lipinski definition) is 4. The highest BCUT2D eigenvalue weighted by Gasteiger charge is 2.16. The molecule has 0 rings (SSSR count). The summed E-state index contributed by atoms with van der Waals surface area (Å²) in [7, 11) is 0. The van der Waals surface area contributed by atoms with Crippen LogP contribution in [0.2, 0.25) is 0 Å². The van der Waals surface area contributed by atoms with Crippen LogP contribution in [0.5, 0.6) is 0 Å². The van der Waals surface area contributed by atoms with Gasteiger partial charge in [0.15, 0.2) is 0 Å². The zero-order valence-electron chi connectivity index (χ0n) is 10.2. The van der Waals surface area contributed by atoms with Crippen molar-refractivity contribution in [2.24, 2.45) is 0 Å². The molecule has 6 heteroatoms. The van der Waals surface area contributed by atoms with E-state index in [4.69, 9.17) is 4.74 Å². The molecule has 1 atom stereocenters. The number of thiol groups is 1. The average molecular weight is 248 g/mol. The Bertz CT molecular complexity index is 251. The minimum atomic E-state index is -0.596. The lowest BCUT2D eigenvalue weighted by atomic mass is 10.2. The molecule has 0 fully saturated rings. The van der Waals surface area contributed by atoms with Crippen LogP contribution in [0.4, 0.5) is 4.79 Å². The lowest BCUT2D eigenvalue weighted by Gasteiger charge is -2.19. The van der Waals surface area contributed by atoms with Crippen molar-refractivity contribution in [2.75, 3.05) is 12.3 Å². The van der Waals surface area contributed by atoms with E-state index in [-0.39, 0.29) is 18.5 Å². The van der Waals surface area contributed by atoms with Gasteiger partial charge in [-0.3, -0.25) is 4.79 Å². The number of ether oxygens (including phenoxy) is 1. The zero-order chi connectivity index (χ0) is 12.8. The molecule has 0 heterocycles. The summed E-state index contributed by atoms with van der Waals surface area (Å²) in [6.45, 7) is 7.02. The molecule has 2 amide bonds. The smallest absolute Gasteiger partial charge is 0.408 e. The molecule has 0 saturated carbocycles. The minimum Gasteiger partial charge on any atom is -0.444 e. The van der Waals surface area contributed by atoms with Crippen molar-refractivity contribution in [3.05, 3.63) is 0 Å². The summed E-state index contributed by atoms with van der Waals surface area (Å²) in [5, 5.41) is 5.03. The van der Waals surface area contributed by atoms with Gasteiger partial charge < -0.3 is 15.4 Å². The van der Waals surface area contributed by atoms with Gasteiger partial charge in [0.1, 0.15) is 12.1 Å². The van der Waals surface area contributed by atoms with Crippen molar-refractivity contribution in [3.8, 4) is 0 Å². The number of hydrogen-bond donors (Lipinski definition) is 3. The van der Waals surface area contributed by atoms with Crippen LogP contribution in [0.15, 0.2) is 0 Å². The van der Waals surface area contributed by atoms with Crippen LogP contribution in [-0.4, -0.2) is 35.9 Å². The van der Waals surface area contributed by atoms with Gasteiger partial charge in [-0.05, 0) is 27.7 Å². The van der Waals surface area contributed by atoms with Gasteiger partial charge in [0.25, 0.3) is 0 Å². The maximum atomic E-state index is 11.3. The van der Waals surface area contributed by atoms with Crippen molar-refractivity contribution in [1.82, 2.24) is 10.6 Å². The molecular formula is C10H20N2O3S. The molecule has 16 heavy (non-hydrogen) atoms. The molecule has 0 aromatic heterocycles. The standard InChI is InChI=1S/C10H20N2O3S/c1-7(6-16)12-8(13)5-11-9(14)15-10(2,3)4/h7,16H,5-6H2,1-4H3,(H,11,14)(H,12,13)/t7-/m1/s1. The Morgan fingerprint density at radius 2 is 1.94 bits per heavy atom.